The molecule has 0 saturated carbocycles. The van der Waals surface area contributed by atoms with Gasteiger partial charge in [-0.25, -0.2) is 19.9 Å². The summed E-state index contributed by atoms with van der Waals surface area (Å²) in [6.45, 7) is 20.6. The average molecular weight is 1870 g/mol. The fourth-order valence-electron chi connectivity index (χ4n) is 14.6. The Balaban J connectivity index is 0.000000124. The summed E-state index contributed by atoms with van der Waals surface area (Å²) in [5.74, 6) is 5.45. The summed E-state index contributed by atoms with van der Waals surface area (Å²) in [7, 11) is 12.9. The fraction of sp³-hybridized carbons (Fsp3) is 0.219. The number of hydrogen-bond acceptors (Lipinski definition) is 32. The minimum absolute atomic E-state index is 0.280. The van der Waals surface area contributed by atoms with Gasteiger partial charge in [0.2, 0.25) is 47.3 Å². The Morgan fingerprint density at radius 3 is 1.04 bits per heavy atom. The van der Waals surface area contributed by atoms with Crippen LogP contribution in [0.25, 0.3) is 40.9 Å². The quantitative estimate of drug-likeness (QED) is 0.0132. The lowest BCUT2D eigenvalue weighted by Crippen LogP contribution is -2.44. The van der Waals surface area contributed by atoms with E-state index in [4.69, 9.17) is 36.7 Å². The van der Waals surface area contributed by atoms with E-state index in [1.165, 1.54) is 40.2 Å². The maximum atomic E-state index is 11.6. The SMILES string of the molecule is C=CC(=O)Nc1cccc(Oc2nc(Nc3ccc(N4CCN(C)CC4)cc3)nc3ccsc23)c1.CN1CCN(c2ccc(Nc3nc(Cl)c4sccc4n3)cc2)CC1.CN1CCN(c2ccc(Nc3nc(Oc4cccc(N)c4)c4sccc4n3)cc2)CC1.CNc1cccc(Oc2nc(Nc3ccc(N4CCN(C)CC4)cc3)nc3ccsc23)c1.Oc1cccc(NP)c1. The number of thiophene rings is 4. The Morgan fingerprint density at radius 2 is 0.702 bits per heavy atom. The van der Waals surface area contributed by atoms with Crippen LogP contribution in [-0.4, -0.2) is 210 Å². The van der Waals surface area contributed by atoms with Crippen LogP contribution in [0.1, 0.15) is 0 Å². The van der Waals surface area contributed by atoms with Crippen molar-refractivity contribution in [2.45, 2.75) is 0 Å². The summed E-state index contributed by atoms with van der Waals surface area (Å²) in [4.78, 5) is 67.4. The van der Waals surface area contributed by atoms with Gasteiger partial charge in [-0.15, -0.1) is 45.3 Å². The van der Waals surface area contributed by atoms with E-state index in [1.807, 2.05) is 126 Å². The molecule has 0 radical (unpaired) electrons. The topological polar surface area (TPSA) is 304 Å². The minimum Gasteiger partial charge on any atom is -0.508 e. The van der Waals surface area contributed by atoms with Gasteiger partial charge >= 0.3 is 0 Å². The molecule has 4 saturated heterocycles. The molecule has 8 aromatic carbocycles. The summed E-state index contributed by atoms with van der Waals surface area (Å²) in [6.07, 6.45) is 1.22. The Hall–Kier alpha value is -13.3. The van der Waals surface area contributed by atoms with Gasteiger partial charge in [0.25, 0.3) is 0 Å². The van der Waals surface area contributed by atoms with Crippen molar-refractivity contribution in [1.29, 1.82) is 0 Å². The molecule has 672 valence electrons. The molecule has 16 aromatic rings. The van der Waals surface area contributed by atoms with Crippen LogP contribution in [0.3, 0.4) is 0 Å². The van der Waals surface area contributed by atoms with Crippen LogP contribution in [0, 0.1) is 0 Å². The number of nitrogens with two attached hydrogens (primary N) is 1. The molecule has 12 heterocycles. The van der Waals surface area contributed by atoms with E-state index in [0.29, 0.717) is 69.5 Å². The number of rotatable bonds is 22. The van der Waals surface area contributed by atoms with E-state index >= 15 is 0 Å². The number of carbonyl (C=O) groups is 1. The number of nitrogen functional groups attached to an aromatic ring is 1. The predicted octanol–water partition coefficient (Wildman–Crippen LogP) is 20.1. The van der Waals surface area contributed by atoms with E-state index in [0.717, 1.165) is 185 Å². The largest absolute Gasteiger partial charge is 0.508 e. The molecule has 1 atom stereocenters. The molecule has 4 aliphatic heterocycles. The zero-order valence-electron chi connectivity index (χ0n) is 73.1. The number of nitrogens with one attached hydrogen (secondary N) is 7. The number of benzene rings is 8. The van der Waals surface area contributed by atoms with Gasteiger partial charge in [0, 0.05) is 204 Å². The van der Waals surface area contributed by atoms with E-state index in [-0.39, 0.29) is 11.7 Å². The smallest absolute Gasteiger partial charge is 0.247 e. The van der Waals surface area contributed by atoms with Crippen molar-refractivity contribution in [1.82, 2.24) is 59.5 Å². The van der Waals surface area contributed by atoms with Crippen molar-refractivity contribution in [3.63, 3.8) is 0 Å². The first kappa shape index (κ1) is 91.0. The summed E-state index contributed by atoms with van der Waals surface area (Å²) in [5.41, 5.74) is 21.1. The number of amides is 1. The van der Waals surface area contributed by atoms with Gasteiger partial charge < -0.3 is 101 Å². The molecule has 131 heavy (non-hydrogen) atoms. The van der Waals surface area contributed by atoms with Crippen LogP contribution in [0.15, 0.2) is 253 Å². The number of halogens is 1. The van der Waals surface area contributed by atoms with Gasteiger partial charge in [0.1, 0.15) is 37.1 Å². The molecular weight excluding hydrogens is 1760 g/mol. The highest BCUT2D eigenvalue weighted by Gasteiger charge is 2.22. The van der Waals surface area contributed by atoms with E-state index in [2.05, 4.69) is 245 Å². The lowest BCUT2D eigenvalue weighted by Gasteiger charge is -2.34. The number of phenols is 1. The molecular formula is C96H102ClN24O5PS4. The maximum Gasteiger partial charge on any atom is 0.247 e. The summed E-state index contributed by atoms with van der Waals surface area (Å²) in [5, 5.41) is 39.2. The minimum atomic E-state index is -0.282. The van der Waals surface area contributed by atoms with E-state index in [9.17, 15) is 4.79 Å². The lowest BCUT2D eigenvalue weighted by atomic mass is 10.2. The Bertz CT molecular complexity index is 6490. The van der Waals surface area contributed by atoms with Crippen molar-refractivity contribution in [2.75, 3.05) is 202 Å². The number of piperazine rings is 4. The Kier molecular flexibility index (Phi) is 30.5. The first-order valence-electron chi connectivity index (χ1n) is 42.8. The van der Waals surface area contributed by atoms with Crippen molar-refractivity contribution in [3.8, 4) is 40.6 Å². The number of carbonyl (C=O) groups excluding carboxylic acids is 1. The summed E-state index contributed by atoms with van der Waals surface area (Å²) in [6, 6.07) is 70.7. The molecule has 0 bridgehead atoms. The third kappa shape index (κ3) is 24.8. The van der Waals surface area contributed by atoms with Crippen molar-refractivity contribution >= 4 is 205 Å². The molecule has 8 aromatic heterocycles. The number of aromatic nitrogens is 8. The van der Waals surface area contributed by atoms with Gasteiger partial charge in [-0.05, 0) is 235 Å². The highest BCUT2D eigenvalue weighted by atomic mass is 35.5. The number of anilines is 16. The van der Waals surface area contributed by atoms with Gasteiger partial charge in [0.05, 0.1) is 26.8 Å². The lowest BCUT2D eigenvalue weighted by molar-refractivity contribution is -0.111. The monoisotopic (exact) mass is 1860 g/mol. The highest BCUT2D eigenvalue weighted by molar-refractivity contribution is 7.19. The number of nitrogens with zero attached hydrogens (tertiary/aromatic N) is 16. The van der Waals surface area contributed by atoms with Crippen LogP contribution < -0.4 is 76.5 Å². The highest BCUT2D eigenvalue weighted by Crippen LogP contribution is 2.39. The molecule has 0 spiro atoms. The van der Waals surface area contributed by atoms with Gasteiger partial charge in [-0.3, -0.25) is 4.79 Å². The van der Waals surface area contributed by atoms with Crippen LogP contribution in [0.4, 0.5) is 92.0 Å². The van der Waals surface area contributed by atoms with Gasteiger partial charge in [0.15, 0.2) is 5.15 Å². The van der Waals surface area contributed by atoms with Crippen LogP contribution in [0.2, 0.25) is 5.15 Å². The standard InChI is InChI=1S/C26H26N6O2S.C24H26N6OS.C23H24N6OS.C17H18ClN5S.C6H8NOP/c1-3-23(33)27-19-5-4-6-21(17-19)34-25-24-22(11-16-35-24)29-26(30-25)28-18-7-9-20(10-8-18)32-14-12-31(2)13-15-32;1-25-18-4-3-5-20(16-18)31-23-22-21(10-15-32-22)27-24(28-23)26-17-6-8-19(9-7-17)30-13-11-29(2)12-14-30;1-28-10-12-29(13-11-28)18-7-5-17(6-8-18)25-23-26-20-9-14-31-21(20)22(27-23)30-19-4-2-3-16(24)15-19;1-22-7-9-23(10-8-22)13-4-2-12(3-5-13)19-17-20-14-6-11-24-15(14)16(18)21-17;8-6-3-1-2-5(4-6)7-9/h3-11,16-17H,1,12-15H2,2H3,(H,27,33)(H,28,29,30);3-10,15-16,25H,11-14H2,1-2H3,(H,26,27,28);2-9,14-15H,10-13,24H2,1H3,(H,25,26,27);2-6,11H,7-10H2,1H3,(H,19,20,21);1-4,7-8H,9H2. The number of aromatic hydroxyl groups is 1. The van der Waals surface area contributed by atoms with Crippen LogP contribution in [0.5, 0.6) is 40.6 Å². The number of likely N-dealkylation sites (N-methyl/N-ethyl adjacent to an activating group) is 4. The third-order valence-corrected chi connectivity index (χ3v) is 26.3. The molecule has 1 amide bonds. The molecule has 4 aliphatic rings. The number of fused-ring (bicyclic) bond motifs is 4. The number of hydrogen-bond donors (Lipinski definition) is 9. The second kappa shape index (κ2) is 43.9. The summed E-state index contributed by atoms with van der Waals surface area (Å²) < 4.78 is 21.9. The van der Waals surface area contributed by atoms with Crippen LogP contribution >= 0.6 is 66.3 Å². The van der Waals surface area contributed by atoms with Crippen molar-refractivity contribution < 1.29 is 24.1 Å². The van der Waals surface area contributed by atoms with Crippen LogP contribution in [-0.2, 0) is 4.79 Å². The summed E-state index contributed by atoms with van der Waals surface area (Å²) >= 11 is 12.4. The van der Waals surface area contributed by atoms with E-state index < -0.39 is 0 Å². The molecule has 35 heteroatoms. The second-order valence-electron chi connectivity index (χ2n) is 31.4. The van der Waals surface area contributed by atoms with Crippen molar-refractivity contribution in [2.24, 2.45) is 0 Å². The number of phenolic OH excluding ortho intramolecular Hbond substituents is 1. The Labute approximate surface area is 783 Å². The Morgan fingerprint density at radius 1 is 0.389 bits per heavy atom. The average Bonchev–Trinajstić information content (AvgIpc) is 1.74. The van der Waals surface area contributed by atoms with E-state index in [1.54, 1.807) is 70.4 Å². The first-order valence-corrected chi connectivity index (χ1v) is 47.2. The first-order chi connectivity index (χ1) is 63.9. The normalized spacial score (nSPS) is 14.3. The zero-order chi connectivity index (χ0) is 90.5. The number of ether oxygens (including phenoxy) is 3. The molecule has 0 aliphatic carbocycles. The second-order valence-corrected chi connectivity index (χ2v) is 35.7. The van der Waals surface area contributed by atoms with Gasteiger partial charge in [-0.2, -0.15) is 19.9 Å². The van der Waals surface area contributed by atoms with Crippen molar-refractivity contribution in [3.05, 3.63) is 258 Å². The fourth-order valence-corrected chi connectivity index (χ4v) is 18.1. The third-order valence-electron chi connectivity index (χ3n) is 22.0. The van der Waals surface area contributed by atoms with Gasteiger partial charge in [-0.1, -0.05) is 42.4 Å². The maximum absolute atomic E-state index is 11.6. The molecule has 20 rings (SSSR count). The molecule has 29 nitrogen and oxygen atoms in total. The predicted molar refractivity (Wildman–Crippen MR) is 546 cm³/mol. The molecule has 10 N–H and O–H groups in total. The molecule has 1 unspecified atom stereocenters. The zero-order valence-corrected chi connectivity index (χ0v) is 78.3. The molecule has 4 fully saturated rings.